The zero-order valence-corrected chi connectivity index (χ0v) is 25.5. The summed E-state index contributed by atoms with van der Waals surface area (Å²) in [6.45, 7) is 4.87. The molecule has 1 unspecified atom stereocenters. The van der Waals surface area contributed by atoms with Crippen molar-refractivity contribution in [3.63, 3.8) is 0 Å². The number of ether oxygens (including phenoxy) is 2. The van der Waals surface area contributed by atoms with Gasteiger partial charge in [-0.1, -0.05) is 0 Å². The molecule has 1 aromatic rings. The lowest BCUT2D eigenvalue weighted by Gasteiger charge is -2.57. The molecule has 4 aliphatic carbocycles. The summed E-state index contributed by atoms with van der Waals surface area (Å²) >= 11 is 0. The van der Waals surface area contributed by atoms with Gasteiger partial charge in [-0.05, 0) is 89.9 Å². The van der Waals surface area contributed by atoms with Crippen LogP contribution in [0.2, 0.25) is 0 Å². The highest BCUT2D eigenvalue weighted by molar-refractivity contribution is 5.84. The van der Waals surface area contributed by atoms with Crippen LogP contribution in [0.1, 0.15) is 78.6 Å². The second-order valence-corrected chi connectivity index (χ2v) is 14.3. The Bertz CT molecular complexity index is 1210. The van der Waals surface area contributed by atoms with Gasteiger partial charge < -0.3 is 24.8 Å². The second-order valence-electron chi connectivity index (χ2n) is 14.3. The Hall–Kier alpha value is -2.89. The van der Waals surface area contributed by atoms with Gasteiger partial charge in [-0.15, -0.1) is 0 Å². The van der Waals surface area contributed by atoms with Crippen molar-refractivity contribution in [3.05, 3.63) is 29.3 Å². The molecule has 6 rings (SSSR count). The first-order valence-electron chi connectivity index (χ1n) is 15.6. The Kier molecular flexibility index (Phi) is 9.22. The van der Waals surface area contributed by atoms with Crippen LogP contribution < -0.4 is 10.1 Å². The van der Waals surface area contributed by atoms with Crippen molar-refractivity contribution in [1.29, 1.82) is 0 Å². The number of amides is 2. The molecule has 0 aromatic heterocycles. The number of nitrogens with zero attached hydrogens (tertiary/aromatic N) is 1. The number of hydrogen-bond donors (Lipinski definition) is 2. The molecule has 2 atom stereocenters. The number of benzene rings is 1. The van der Waals surface area contributed by atoms with Crippen LogP contribution in [-0.4, -0.2) is 65.2 Å². The van der Waals surface area contributed by atoms with Crippen molar-refractivity contribution in [2.24, 2.45) is 29.1 Å². The third kappa shape index (κ3) is 7.00. The van der Waals surface area contributed by atoms with Gasteiger partial charge >= 0.3 is 5.97 Å². The Labute approximate surface area is 254 Å². The number of piperidine rings is 1. The zero-order valence-electron chi connectivity index (χ0n) is 25.5. The Morgan fingerprint density at radius 2 is 1.50 bits per heavy atom. The van der Waals surface area contributed by atoms with Crippen LogP contribution in [0.25, 0.3) is 0 Å². The van der Waals surface area contributed by atoms with E-state index in [0.717, 1.165) is 19.3 Å². The van der Waals surface area contributed by atoms with Crippen LogP contribution in [0, 0.1) is 52.4 Å². The molecular weight excluding hydrogens is 584 g/mol. The van der Waals surface area contributed by atoms with Gasteiger partial charge in [0.1, 0.15) is 18.3 Å². The molecule has 44 heavy (non-hydrogen) atoms. The number of carbonyl (C=O) groups excluding carboxylic acids is 3. The van der Waals surface area contributed by atoms with E-state index in [9.17, 15) is 37.1 Å². The monoisotopic (exact) mass is 626 g/mol. The summed E-state index contributed by atoms with van der Waals surface area (Å²) in [6, 6.07) is -1.27. The van der Waals surface area contributed by atoms with Crippen LogP contribution in [0.4, 0.5) is 17.6 Å². The highest BCUT2D eigenvalue weighted by Gasteiger charge is 2.55. The summed E-state index contributed by atoms with van der Waals surface area (Å²) in [6.07, 6.45) is 5.18. The van der Waals surface area contributed by atoms with Crippen LogP contribution in [0.3, 0.4) is 0 Å². The predicted molar refractivity (Wildman–Crippen MR) is 150 cm³/mol. The van der Waals surface area contributed by atoms with Gasteiger partial charge in [0.05, 0.1) is 17.9 Å². The van der Waals surface area contributed by atoms with Crippen molar-refractivity contribution >= 4 is 17.8 Å². The minimum atomic E-state index is -1.78. The molecule has 2 N–H and O–H groups in total. The van der Waals surface area contributed by atoms with Gasteiger partial charge in [-0.25, -0.2) is 8.78 Å². The SMILES string of the molecule is CC(C)(C)OC(=O)C[C@H](NC(=O)C1CCN(C(=O)C23CC4CC(CC(C4)C2)C3)CC1)C(O)COc1c(F)c(F)cc(F)c1F. The molecule has 1 heterocycles. The molecule has 1 aromatic carbocycles. The maximum Gasteiger partial charge on any atom is 0.308 e. The van der Waals surface area contributed by atoms with E-state index in [4.69, 9.17) is 9.47 Å². The van der Waals surface area contributed by atoms with Crippen molar-refractivity contribution < 1.29 is 46.5 Å². The Balaban J connectivity index is 1.20. The molecule has 0 spiro atoms. The number of esters is 1. The maximum atomic E-state index is 14.1. The second kappa shape index (κ2) is 12.5. The Morgan fingerprint density at radius 3 is 2.00 bits per heavy atom. The van der Waals surface area contributed by atoms with E-state index in [0.29, 0.717) is 43.7 Å². The molecule has 8 nitrogen and oxygen atoms in total. The first-order chi connectivity index (χ1) is 20.6. The van der Waals surface area contributed by atoms with E-state index < -0.39 is 77.6 Å². The van der Waals surface area contributed by atoms with E-state index >= 15 is 0 Å². The minimum absolute atomic E-state index is 0.0293. The minimum Gasteiger partial charge on any atom is -0.485 e. The molecule has 4 saturated carbocycles. The van der Waals surface area contributed by atoms with Gasteiger partial charge in [0.2, 0.25) is 23.4 Å². The molecule has 12 heteroatoms. The molecule has 5 aliphatic rings. The highest BCUT2D eigenvalue weighted by Crippen LogP contribution is 2.60. The summed E-state index contributed by atoms with van der Waals surface area (Å²) < 4.78 is 65.6. The van der Waals surface area contributed by atoms with Gasteiger partial charge in [0, 0.05) is 25.1 Å². The standard InChI is InChI=1S/C32H42F4N2O6/c1-31(2,3)44-25(40)12-23(24(39)16-43-28-26(35)21(33)11-22(34)27(28)36)37-29(41)20-4-6-38(7-5-20)30(42)32-13-17-8-18(14-32)10-19(9-17)15-32/h11,17-20,23-24,39H,4-10,12-16H2,1-3H3,(H,37,41)/t17?,18?,19?,23-,24?,32?/m0/s1. The predicted octanol–water partition coefficient (Wildman–Crippen LogP) is 4.65. The van der Waals surface area contributed by atoms with Crippen LogP contribution >= 0.6 is 0 Å². The number of aliphatic hydroxyl groups is 1. The third-order valence-electron chi connectivity index (χ3n) is 9.71. The smallest absolute Gasteiger partial charge is 0.308 e. The topological polar surface area (TPSA) is 105 Å². The summed E-state index contributed by atoms with van der Waals surface area (Å²) in [5, 5.41) is 13.5. The van der Waals surface area contributed by atoms with Crippen LogP contribution in [0.5, 0.6) is 5.75 Å². The normalized spacial score (nSPS) is 28.0. The van der Waals surface area contributed by atoms with Crippen molar-refractivity contribution in [3.8, 4) is 5.75 Å². The van der Waals surface area contributed by atoms with Crippen molar-refractivity contribution in [2.45, 2.75) is 96.3 Å². The number of likely N-dealkylation sites (tertiary alicyclic amines) is 1. The third-order valence-corrected chi connectivity index (χ3v) is 9.71. The van der Waals surface area contributed by atoms with E-state index in [1.807, 2.05) is 4.90 Å². The highest BCUT2D eigenvalue weighted by atomic mass is 19.2. The lowest BCUT2D eigenvalue weighted by molar-refractivity contribution is -0.160. The molecule has 2 amide bonds. The number of nitrogens with one attached hydrogen (secondary N) is 1. The average Bonchev–Trinajstić information content (AvgIpc) is 2.93. The summed E-state index contributed by atoms with van der Waals surface area (Å²) in [4.78, 5) is 41.5. The number of aliphatic hydroxyl groups excluding tert-OH is 1. The van der Waals surface area contributed by atoms with Crippen molar-refractivity contribution in [1.82, 2.24) is 10.2 Å². The molecule has 5 fully saturated rings. The number of halogens is 4. The van der Waals surface area contributed by atoms with Gasteiger partial charge in [0.15, 0.2) is 17.4 Å². The number of rotatable bonds is 9. The molecule has 244 valence electrons. The fourth-order valence-electron chi connectivity index (χ4n) is 8.16. The largest absolute Gasteiger partial charge is 0.485 e. The molecule has 1 aliphatic heterocycles. The molecule has 1 saturated heterocycles. The first kappa shape index (κ1) is 32.5. The first-order valence-corrected chi connectivity index (χ1v) is 15.6. The van der Waals surface area contributed by atoms with E-state index in [1.165, 1.54) is 19.3 Å². The molecule has 4 bridgehead atoms. The summed E-state index contributed by atoms with van der Waals surface area (Å²) in [5.41, 5.74) is -1.13. The quantitative estimate of drug-likeness (QED) is 0.235. The average molecular weight is 627 g/mol. The van der Waals surface area contributed by atoms with E-state index in [-0.39, 0.29) is 17.4 Å². The van der Waals surface area contributed by atoms with Gasteiger partial charge in [-0.2, -0.15) is 8.78 Å². The molecule has 0 radical (unpaired) electrons. The summed E-state index contributed by atoms with van der Waals surface area (Å²) in [5.74, 6) is -7.88. The molecular formula is C32H42F4N2O6. The van der Waals surface area contributed by atoms with Gasteiger partial charge in [0.25, 0.3) is 0 Å². The summed E-state index contributed by atoms with van der Waals surface area (Å²) in [7, 11) is 0. The maximum absolute atomic E-state index is 14.1. The van der Waals surface area contributed by atoms with E-state index in [2.05, 4.69) is 5.32 Å². The van der Waals surface area contributed by atoms with E-state index in [1.54, 1.807) is 20.8 Å². The van der Waals surface area contributed by atoms with Crippen LogP contribution in [-0.2, 0) is 19.1 Å². The Morgan fingerprint density at radius 1 is 0.977 bits per heavy atom. The fraction of sp³-hybridized carbons (Fsp3) is 0.719. The number of hydrogen-bond acceptors (Lipinski definition) is 6. The fourth-order valence-corrected chi connectivity index (χ4v) is 8.16. The lowest BCUT2D eigenvalue weighted by Crippen LogP contribution is -2.56. The number of carbonyl (C=O) groups is 3. The van der Waals surface area contributed by atoms with Crippen molar-refractivity contribution in [2.75, 3.05) is 19.7 Å². The van der Waals surface area contributed by atoms with Crippen LogP contribution in [0.15, 0.2) is 6.07 Å². The van der Waals surface area contributed by atoms with Gasteiger partial charge in [-0.3, -0.25) is 14.4 Å². The zero-order chi connectivity index (χ0) is 32.0. The lowest BCUT2D eigenvalue weighted by atomic mass is 9.49.